The van der Waals surface area contributed by atoms with Crippen LogP contribution in [0, 0.1) is 10.1 Å². The van der Waals surface area contributed by atoms with Gasteiger partial charge in [0, 0.05) is 27.2 Å². The number of hydrogen-bond acceptors (Lipinski definition) is 7. The predicted molar refractivity (Wildman–Crippen MR) is 121 cm³/mol. The van der Waals surface area contributed by atoms with Crippen LogP contribution in [0.5, 0.6) is 5.75 Å². The van der Waals surface area contributed by atoms with Gasteiger partial charge in [-0.2, -0.15) is 0 Å². The van der Waals surface area contributed by atoms with Crippen molar-refractivity contribution in [3.05, 3.63) is 72.4 Å². The Hall–Kier alpha value is -2.98. The Labute approximate surface area is 189 Å². The second-order valence-corrected chi connectivity index (χ2v) is 9.03. The number of fused-ring (bicyclic) bond motifs is 1. The van der Waals surface area contributed by atoms with Gasteiger partial charge in [-0.15, -0.1) is 11.3 Å². The highest BCUT2D eigenvalue weighted by Crippen LogP contribution is 2.40. The van der Waals surface area contributed by atoms with E-state index in [0.29, 0.717) is 20.8 Å². The van der Waals surface area contributed by atoms with Crippen molar-refractivity contribution >= 4 is 50.1 Å². The number of thiophene rings is 1. The van der Waals surface area contributed by atoms with Crippen molar-refractivity contribution in [2.75, 3.05) is 0 Å². The van der Waals surface area contributed by atoms with Crippen molar-refractivity contribution in [3.63, 3.8) is 0 Å². The van der Waals surface area contributed by atoms with Gasteiger partial charge in [0.15, 0.2) is 0 Å². The number of rotatable bonds is 6. The number of benzene rings is 1. The number of nitrogens with one attached hydrogen (secondary N) is 1. The molecule has 160 valence electrons. The van der Waals surface area contributed by atoms with E-state index in [1.54, 1.807) is 18.4 Å². The first kappa shape index (κ1) is 21.3. The molecule has 0 unspecified atom stereocenters. The SMILES string of the molecule is O=C(NCc1ccco1)c1c(N=Cc2cc(Br)cc([N+](=O)[O-])c2O)sc2c1CCCC2. The maximum atomic E-state index is 13.0. The normalized spacial score (nSPS) is 13.3. The Balaban J connectivity index is 1.68. The number of phenols is 1. The first-order valence-corrected chi connectivity index (χ1v) is 11.2. The van der Waals surface area contributed by atoms with Crippen LogP contribution in [0.2, 0.25) is 0 Å². The van der Waals surface area contributed by atoms with E-state index in [4.69, 9.17) is 4.42 Å². The van der Waals surface area contributed by atoms with Crippen molar-refractivity contribution in [3.8, 4) is 5.75 Å². The molecule has 0 fully saturated rings. The minimum absolute atomic E-state index is 0.189. The molecule has 1 aromatic carbocycles. The molecule has 0 saturated heterocycles. The van der Waals surface area contributed by atoms with Crippen molar-refractivity contribution in [1.29, 1.82) is 0 Å². The number of nitro benzene ring substituents is 1. The molecule has 0 atom stereocenters. The highest BCUT2D eigenvalue weighted by Gasteiger charge is 2.25. The van der Waals surface area contributed by atoms with E-state index in [1.807, 2.05) is 0 Å². The zero-order valence-electron chi connectivity index (χ0n) is 16.3. The summed E-state index contributed by atoms with van der Waals surface area (Å²) in [5.74, 6) is -0.0663. The third-order valence-electron chi connectivity index (χ3n) is 4.98. The predicted octanol–water partition coefficient (Wildman–Crippen LogP) is 5.28. The molecule has 0 spiro atoms. The van der Waals surface area contributed by atoms with Gasteiger partial charge in [-0.05, 0) is 49.4 Å². The van der Waals surface area contributed by atoms with E-state index in [9.17, 15) is 20.0 Å². The molecule has 3 aromatic rings. The number of phenolic OH excluding ortho intramolecular Hbond substituents is 1. The molecule has 1 aliphatic carbocycles. The maximum absolute atomic E-state index is 13.0. The number of aromatic hydroxyl groups is 1. The lowest BCUT2D eigenvalue weighted by atomic mass is 9.95. The third-order valence-corrected chi connectivity index (χ3v) is 6.64. The molecule has 2 N–H and O–H groups in total. The molecule has 0 bridgehead atoms. The number of aryl methyl sites for hydroxylation is 1. The molecule has 1 aliphatic rings. The van der Waals surface area contributed by atoms with Crippen LogP contribution in [-0.2, 0) is 19.4 Å². The van der Waals surface area contributed by atoms with Crippen molar-refractivity contribution in [2.24, 2.45) is 4.99 Å². The van der Waals surface area contributed by atoms with Gasteiger partial charge in [0.2, 0.25) is 5.75 Å². The first-order valence-electron chi connectivity index (χ1n) is 9.60. The Morgan fingerprint density at radius 2 is 2.19 bits per heavy atom. The van der Waals surface area contributed by atoms with Crippen molar-refractivity contribution in [2.45, 2.75) is 32.2 Å². The standard InChI is InChI=1S/C21H18BrN3O5S/c22-13-8-12(19(26)16(9-13)25(28)29)10-24-21-18(15-5-1-2-6-17(15)31-21)20(27)23-11-14-4-3-7-30-14/h3-4,7-10,26H,1-2,5-6,11H2,(H,23,27). The monoisotopic (exact) mass is 503 g/mol. The Kier molecular flexibility index (Phi) is 6.19. The second kappa shape index (κ2) is 9.03. The summed E-state index contributed by atoms with van der Waals surface area (Å²) in [6.45, 7) is 0.262. The summed E-state index contributed by atoms with van der Waals surface area (Å²) in [4.78, 5) is 29.1. The number of amides is 1. The maximum Gasteiger partial charge on any atom is 0.312 e. The third kappa shape index (κ3) is 4.54. The lowest BCUT2D eigenvalue weighted by Gasteiger charge is -2.12. The fourth-order valence-electron chi connectivity index (χ4n) is 3.52. The van der Waals surface area contributed by atoms with Crippen LogP contribution < -0.4 is 5.32 Å². The first-order chi connectivity index (χ1) is 14.9. The number of furan rings is 1. The average Bonchev–Trinajstić information content (AvgIpc) is 3.39. The van der Waals surface area contributed by atoms with Crippen LogP contribution in [-0.4, -0.2) is 22.2 Å². The number of nitrogens with zero attached hydrogens (tertiary/aromatic N) is 2. The summed E-state index contributed by atoms with van der Waals surface area (Å²) in [6, 6.07) is 6.30. The number of carbonyl (C=O) groups is 1. The minimum Gasteiger partial charge on any atom is -0.502 e. The van der Waals surface area contributed by atoms with Crippen LogP contribution in [0.4, 0.5) is 10.7 Å². The smallest absolute Gasteiger partial charge is 0.312 e. The van der Waals surface area contributed by atoms with Crippen LogP contribution in [0.1, 0.15) is 45.0 Å². The highest BCUT2D eigenvalue weighted by molar-refractivity contribution is 9.10. The average molecular weight is 504 g/mol. The lowest BCUT2D eigenvalue weighted by Crippen LogP contribution is -2.23. The number of nitro groups is 1. The molecular weight excluding hydrogens is 486 g/mol. The van der Waals surface area contributed by atoms with E-state index in [1.165, 1.54) is 29.7 Å². The van der Waals surface area contributed by atoms with E-state index in [2.05, 4.69) is 26.2 Å². The highest BCUT2D eigenvalue weighted by atomic mass is 79.9. The zero-order valence-corrected chi connectivity index (χ0v) is 18.7. The van der Waals surface area contributed by atoms with Crippen molar-refractivity contribution in [1.82, 2.24) is 5.32 Å². The van der Waals surface area contributed by atoms with Crippen LogP contribution >= 0.6 is 27.3 Å². The van der Waals surface area contributed by atoms with Crippen LogP contribution in [0.3, 0.4) is 0 Å². The number of hydrogen-bond donors (Lipinski definition) is 2. The van der Waals surface area contributed by atoms with Gasteiger partial charge in [0.05, 0.1) is 23.3 Å². The molecule has 0 aliphatic heterocycles. The number of carbonyl (C=O) groups excluding carboxylic acids is 1. The number of halogens is 1. The topological polar surface area (TPSA) is 118 Å². The Morgan fingerprint density at radius 3 is 2.94 bits per heavy atom. The second-order valence-electron chi connectivity index (χ2n) is 7.03. The van der Waals surface area contributed by atoms with E-state index in [0.717, 1.165) is 36.1 Å². The molecule has 8 nitrogen and oxygen atoms in total. The molecule has 0 radical (unpaired) electrons. The fourth-order valence-corrected chi connectivity index (χ4v) is 5.21. The summed E-state index contributed by atoms with van der Waals surface area (Å²) in [7, 11) is 0. The summed E-state index contributed by atoms with van der Waals surface area (Å²) in [5.41, 5.74) is 1.29. The summed E-state index contributed by atoms with van der Waals surface area (Å²) < 4.78 is 5.72. The van der Waals surface area contributed by atoms with Gasteiger partial charge in [-0.1, -0.05) is 15.9 Å². The molecule has 31 heavy (non-hydrogen) atoms. The van der Waals surface area contributed by atoms with Gasteiger partial charge in [-0.3, -0.25) is 14.9 Å². The fraction of sp³-hybridized carbons (Fsp3) is 0.238. The van der Waals surface area contributed by atoms with E-state index in [-0.39, 0.29) is 18.0 Å². The molecule has 2 heterocycles. The molecule has 10 heteroatoms. The zero-order chi connectivity index (χ0) is 22.0. The largest absolute Gasteiger partial charge is 0.502 e. The Bertz CT molecular complexity index is 1170. The van der Waals surface area contributed by atoms with Gasteiger partial charge in [-0.25, -0.2) is 4.99 Å². The molecule has 2 aromatic heterocycles. The molecule has 1 amide bonds. The van der Waals surface area contributed by atoms with E-state index >= 15 is 0 Å². The van der Waals surface area contributed by atoms with Crippen LogP contribution in [0.25, 0.3) is 0 Å². The van der Waals surface area contributed by atoms with Gasteiger partial charge in [0.25, 0.3) is 5.91 Å². The Morgan fingerprint density at radius 1 is 1.39 bits per heavy atom. The van der Waals surface area contributed by atoms with Gasteiger partial charge < -0.3 is 14.8 Å². The summed E-state index contributed by atoms with van der Waals surface area (Å²) in [5, 5.41) is 24.8. The van der Waals surface area contributed by atoms with Gasteiger partial charge in [0.1, 0.15) is 10.8 Å². The summed E-state index contributed by atoms with van der Waals surface area (Å²) >= 11 is 4.66. The van der Waals surface area contributed by atoms with Gasteiger partial charge >= 0.3 is 5.69 Å². The lowest BCUT2D eigenvalue weighted by molar-refractivity contribution is -0.385. The molecule has 0 saturated carbocycles. The summed E-state index contributed by atoms with van der Waals surface area (Å²) in [6.07, 6.45) is 6.66. The molecule has 4 rings (SSSR count). The van der Waals surface area contributed by atoms with Crippen molar-refractivity contribution < 1.29 is 19.2 Å². The minimum atomic E-state index is -0.658. The van der Waals surface area contributed by atoms with Crippen LogP contribution in [0.15, 0.2) is 44.4 Å². The molecular formula is C21H18BrN3O5S. The van der Waals surface area contributed by atoms with E-state index < -0.39 is 16.4 Å². The quantitative estimate of drug-likeness (QED) is 0.269. The number of aliphatic imine (C=N–C) groups is 1.